The number of aliphatic hydroxyl groups excluding tert-OH is 2. The number of nitrogens with one attached hydrogen (secondary N) is 1. The van der Waals surface area contributed by atoms with Gasteiger partial charge in [-0.05, 0) is 65.9 Å². The predicted octanol–water partition coefficient (Wildman–Crippen LogP) is 6.03. The first-order valence-electron chi connectivity index (χ1n) is 14.9. The van der Waals surface area contributed by atoms with Crippen LogP contribution in [0.25, 0.3) is 0 Å². The molecule has 0 saturated heterocycles. The highest BCUT2D eigenvalue weighted by atomic mass is 16.6. The van der Waals surface area contributed by atoms with Gasteiger partial charge < -0.3 is 30.7 Å². The zero-order valence-electron chi connectivity index (χ0n) is 26.9. The average Bonchev–Trinajstić information content (AvgIpc) is 2.94. The molecule has 0 aromatic rings. The Morgan fingerprint density at radius 3 is 2.25 bits per heavy atom. The van der Waals surface area contributed by atoms with Crippen molar-refractivity contribution in [1.82, 2.24) is 5.32 Å². The number of carbonyl (C=O) groups excluding carboxylic acids is 3. The molecular formula is C35H52N2O7. The van der Waals surface area contributed by atoms with Gasteiger partial charge in [0, 0.05) is 30.7 Å². The molecular weight excluding hydrogens is 560 g/mol. The molecule has 0 saturated carbocycles. The number of unbranched alkanes of at least 4 members (excludes halogenated alkanes) is 1. The molecule has 0 aromatic carbocycles. The van der Waals surface area contributed by atoms with Crippen molar-refractivity contribution < 1.29 is 34.1 Å². The Morgan fingerprint density at radius 2 is 1.64 bits per heavy atom. The topological polar surface area (TPSA) is 148 Å². The van der Waals surface area contributed by atoms with E-state index in [2.05, 4.69) is 18.5 Å². The van der Waals surface area contributed by atoms with Gasteiger partial charge in [-0.15, -0.1) is 13.2 Å². The molecule has 0 aliphatic heterocycles. The van der Waals surface area contributed by atoms with E-state index in [1.54, 1.807) is 18.4 Å². The number of primary amides is 1. The van der Waals surface area contributed by atoms with E-state index in [9.17, 15) is 24.6 Å². The third-order valence-electron chi connectivity index (χ3n) is 6.32. The number of rotatable bonds is 21. The van der Waals surface area contributed by atoms with E-state index in [1.165, 1.54) is 24.3 Å². The Bertz CT molecular complexity index is 1110. The zero-order chi connectivity index (χ0) is 33.5. The summed E-state index contributed by atoms with van der Waals surface area (Å²) in [7, 11) is 0. The summed E-state index contributed by atoms with van der Waals surface area (Å²) < 4.78 is 10.8. The van der Waals surface area contributed by atoms with Crippen LogP contribution >= 0.6 is 0 Å². The molecule has 0 radical (unpaired) electrons. The van der Waals surface area contributed by atoms with Crippen LogP contribution in [0.4, 0.5) is 4.79 Å². The van der Waals surface area contributed by atoms with Crippen LogP contribution < -0.4 is 11.1 Å². The number of amides is 2. The van der Waals surface area contributed by atoms with E-state index >= 15 is 0 Å². The lowest BCUT2D eigenvalue weighted by atomic mass is 9.95. The fourth-order valence-electron chi connectivity index (χ4n) is 3.98. The van der Waals surface area contributed by atoms with Gasteiger partial charge in [-0.3, -0.25) is 4.79 Å². The highest BCUT2D eigenvalue weighted by molar-refractivity contribution is 5.88. The molecule has 0 bridgehead atoms. The van der Waals surface area contributed by atoms with Crippen molar-refractivity contribution in [3.63, 3.8) is 0 Å². The molecule has 0 aliphatic carbocycles. The average molecular weight is 613 g/mol. The van der Waals surface area contributed by atoms with E-state index in [4.69, 9.17) is 15.2 Å². The number of esters is 1. The summed E-state index contributed by atoms with van der Waals surface area (Å²) in [5, 5.41) is 22.2. The number of hydrogen-bond acceptors (Lipinski definition) is 7. The Kier molecular flexibility index (Phi) is 21.4. The minimum Gasteiger partial charge on any atom is -0.458 e. The Labute approximate surface area is 263 Å². The summed E-state index contributed by atoms with van der Waals surface area (Å²) in [6.45, 7) is 16.6. The maximum atomic E-state index is 12.7. The monoisotopic (exact) mass is 612 g/mol. The third-order valence-corrected chi connectivity index (χ3v) is 6.32. The van der Waals surface area contributed by atoms with Crippen molar-refractivity contribution >= 4 is 18.0 Å². The lowest BCUT2D eigenvalue weighted by Gasteiger charge is -2.22. The van der Waals surface area contributed by atoms with Crippen LogP contribution in [-0.4, -0.2) is 52.6 Å². The van der Waals surface area contributed by atoms with Gasteiger partial charge in [0.15, 0.2) is 0 Å². The van der Waals surface area contributed by atoms with Gasteiger partial charge in [0.25, 0.3) is 0 Å². The van der Waals surface area contributed by atoms with E-state index in [1.807, 2.05) is 58.9 Å². The van der Waals surface area contributed by atoms with Crippen molar-refractivity contribution in [2.24, 2.45) is 11.7 Å². The number of allylic oxidation sites excluding steroid dienone is 7. The minimum absolute atomic E-state index is 0.146. The predicted molar refractivity (Wildman–Crippen MR) is 176 cm³/mol. The second-order valence-electron chi connectivity index (χ2n) is 10.9. The molecule has 5 atom stereocenters. The molecule has 0 aromatic heterocycles. The summed E-state index contributed by atoms with van der Waals surface area (Å²) in [6, 6.07) is 0. The van der Waals surface area contributed by atoms with Crippen molar-refractivity contribution in [3.8, 4) is 0 Å². The van der Waals surface area contributed by atoms with Gasteiger partial charge in [0.05, 0.1) is 6.10 Å². The van der Waals surface area contributed by atoms with E-state index in [0.717, 1.165) is 16.7 Å². The van der Waals surface area contributed by atoms with Gasteiger partial charge in [-0.25, -0.2) is 9.59 Å². The summed E-state index contributed by atoms with van der Waals surface area (Å²) in [5.74, 6) is -0.805. The highest BCUT2D eigenvalue weighted by Crippen LogP contribution is 2.21. The summed E-state index contributed by atoms with van der Waals surface area (Å²) >= 11 is 0. The molecule has 0 fully saturated rings. The highest BCUT2D eigenvalue weighted by Gasteiger charge is 2.20. The molecule has 5 N–H and O–H groups in total. The first kappa shape index (κ1) is 40.1. The fourth-order valence-corrected chi connectivity index (χ4v) is 3.98. The second kappa shape index (κ2) is 23.5. The van der Waals surface area contributed by atoms with Crippen LogP contribution in [0.1, 0.15) is 73.1 Å². The lowest BCUT2D eigenvalue weighted by molar-refractivity contribution is -0.144. The van der Waals surface area contributed by atoms with Crippen LogP contribution in [0, 0.1) is 5.92 Å². The molecule has 9 nitrogen and oxygen atoms in total. The molecule has 0 unspecified atom stereocenters. The molecule has 244 valence electrons. The van der Waals surface area contributed by atoms with Crippen LogP contribution in [0.3, 0.4) is 0 Å². The molecule has 44 heavy (non-hydrogen) atoms. The smallest absolute Gasteiger partial charge is 0.404 e. The Hall–Kier alpha value is -3.95. The minimum atomic E-state index is -1.02. The van der Waals surface area contributed by atoms with Gasteiger partial charge in [-0.2, -0.15) is 0 Å². The Morgan fingerprint density at radius 1 is 0.932 bits per heavy atom. The lowest BCUT2D eigenvalue weighted by Crippen LogP contribution is -2.32. The summed E-state index contributed by atoms with van der Waals surface area (Å²) in [5.41, 5.74) is 7.85. The van der Waals surface area contributed by atoms with Gasteiger partial charge >= 0.3 is 12.1 Å². The number of ether oxygens (including phenoxy) is 2. The summed E-state index contributed by atoms with van der Waals surface area (Å²) in [4.78, 5) is 35.6. The molecule has 0 heterocycles. The van der Waals surface area contributed by atoms with Crippen molar-refractivity contribution in [2.45, 2.75) is 97.6 Å². The number of carbonyl (C=O) groups is 3. The van der Waals surface area contributed by atoms with E-state index in [-0.39, 0.29) is 11.8 Å². The molecule has 0 spiro atoms. The van der Waals surface area contributed by atoms with Gasteiger partial charge in [-0.1, -0.05) is 66.2 Å². The van der Waals surface area contributed by atoms with Crippen molar-refractivity contribution in [1.29, 1.82) is 0 Å². The van der Waals surface area contributed by atoms with Gasteiger partial charge in [0.2, 0.25) is 5.91 Å². The Balaban J connectivity index is 5.51. The normalized spacial score (nSPS) is 15.8. The maximum Gasteiger partial charge on any atom is 0.404 e. The standard InChI is InChI=1S/C35H52N2O7/c1-8-29(38)17-13-11-15-19-34(41)43-32(28(7)23-27(6)20-21-37-33(40)22-25(3)4)24-26(5)16-12-10-14-18-31(30(39)9-2)44-35(36)42/h8-10,12,15-16,19-23,28-32,38-39H,1-2,11,13-14,17-18,24H2,3-7H3,(H2,36,42)(H,37,40)/b12-10+,19-15+,21-20+,26-16+,27-23+/t28-,29-,30+,31+,32-/m1/s1. The molecule has 0 aliphatic rings. The SMILES string of the molecule is C=C[C@@H](O)CCC/C=C/C(=O)O[C@H](C/C(C)=C/C=C/CC[C@H](OC(N)=O)[C@@H](O)C=C)[C@H](C)/C=C(C)/C=C/NC(=O)C=C(C)C. The molecule has 2 amide bonds. The quantitative estimate of drug-likeness (QED) is 0.0406. The largest absolute Gasteiger partial charge is 0.458 e. The van der Waals surface area contributed by atoms with Crippen molar-refractivity contribution in [3.05, 3.63) is 96.8 Å². The number of nitrogens with two attached hydrogens (primary N) is 1. The first-order valence-corrected chi connectivity index (χ1v) is 14.9. The second-order valence-corrected chi connectivity index (χ2v) is 10.9. The van der Waals surface area contributed by atoms with Crippen LogP contribution in [-0.2, 0) is 19.1 Å². The third kappa shape index (κ3) is 20.9. The van der Waals surface area contributed by atoms with E-state index in [0.29, 0.717) is 38.5 Å². The van der Waals surface area contributed by atoms with Crippen LogP contribution in [0.5, 0.6) is 0 Å². The number of aliphatic hydroxyl groups is 2. The van der Waals surface area contributed by atoms with Crippen LogP contribution in [0.2, 0.25) is 0 Å². The fraction of sp³-hybridized carbons (Fsp3) is 0.457. The first-order chi connectivity index (χ1) is 20.8. The van der Waals surface area contributed by atoms with Crippen molar-refractivity contribution in [2.75, 3.05) is 0 Å². The molecule has 0 rings (SSSR count). The molecule has 9 heteroatoms. The summed E-state index contributed by atoms with van der Waals surface area (Å²) in [6.07, 6.45) is 17.9. The number of hydrogen-bond donors (Lipinski definition) is 4. The van der Waals surface area contributed by atoms with Crippen LogP contribution in [0.15, 0.2) is 96.8 Å². The maximum absolute atomic E-state index is 12.7. The zero-order valence-corrected chi connectivity index (χ0v) is 26.9. The van der Waals surface area contributed by atoms with Gasteiger partial charge in [0.1, 0.15) is 18.3 Å². The van der Waals surface area contributed by atoms with E-state index < -0.39 is 36.5 Å².